The van der Waals surface area contributed by atoms with E-state index in [-0.39, 0.29) is 73.6 Å². The van der Waals surface area contributed by atoms with Crippen molar-refractivity contribution in [2.45, 2.75) is 143 Å². The Bertz CT molecular complexity index is 3560. The summed E-state index contributed by atoms with van der Waals surface area (Å²) in [5, 5.41) is 45.0. The largest absolute Gasteiger partial charge is 0.543 e. The Kier molecular flexibility index (Phi) is 32.2. The van der Waals surface area contributed by atoms with Crippen molar-refractivity contribution in [1.29, 1.82) is 0 Å². The molecule has 0 radical (unpaired) electrons. The molecule has 0 amide bonds. The van der Waals surface area contributed by atoms with E-state index in [1.807, 2.05) is 113 Å². The molecule has 18 heteroatoms. The van der Waals surface area contributed by atoms with Gasteiger partial charge in [0.05, 0.1) is 35.9 Å². The van der Waals surface area contributed by atoms with Crippen LogP contribution in [0.5, 0.6) is 23.0 Å². The first-order valence-electron chi connectivity index (χ1n) is 25.9. The van der Waals surface area contributed by atoms with Gasteiger partial charge in [-0.1, -0.05) is 201 Å². The van der Waals surface area contributed by atoms with Gasteiger partial charge in [0.2, 0.25) is 0 Å². The molecule has 10 aromatic rings. The summed E-state index contributed by atoms with van der Waals surface area (Å²) in [5.74, 6) is 2.09. The fraction of sp³-hybridized carbons (Fsp3) is 0.304. The Hall–Kier alpha value is -7.05. The summed E-state index contributed by atoms with van der Waals surface area (Å²) in [5.41, 5.74) is 8.85. The quantitative estimate of drug-likeness (QED) is 0.0883. The van der Waals surface area contributed by atoms with Crippen LogP contribution in [0.3, 0.4) is 0 Å². The minimum atomic E-state index is -1.96. The number of phenols is 2. The average Bonchev–Trinajstić information content (AvgIpc) is 2.21. The smallest absolute Gasteiger partial charge is 0.250 e. The van der Waals surface area contributed by atoms with Gasteiger partial charge in [0.25, 0.3) is 16.6 Å². The number of aromatic nitrogens is 8. The number of aromatic hydroxyl groups is 2. The van der Waals surface area contributed by atoms with Gasteiger partial charge in [-0.3, -0.25) is 19.6 Å². The van der Waals surface area contributed by atoms with Crippen molar-refractivity contribution in [1.82, 2.24) is 40.0 Å². The van der Waals surface area contributed by atoms with Crippen LogP contribution in [0.25, 0.3) is 45.0 Å². The summed E-state index contributed by atoms with van der Waals surface area (Å²) in [6, 6.07) is 49.3. The molecule has 0 spiro atoms. The molecule has 0 aliphatic carbocycles. The van der Waals surface area contributed by atoms with Crippen molar-refractivity contribution in [3.8, 4) is 68.0 Å². The molecule has 0 fully saturated rings. The average molecular weight is 1300 g/mol. The van der Waals surface area contributed by atoms with E-state index in [0.29, 0.717) is 43.5 Å². The Morgan fingerprint density at radius 2 is 0.759 bits per heavy atom. The van der Waals surface area contributed by atoms with Crippen LogP contribution in [0.15, 0.2) is 183 Å². The van der Waals surface area contributed by atoms with Gasteiger partial charge in [0, 0.05) is 67.1 Å². The number of halogens is 4. The lowest BCUT2D eigenvalue weighted by Gasteiger charge is -2.37. The maximum Gasteiger partial charge on any atom is 0.250 e. The van der Waals surface area contributed by atoms with Gasteiger partial charge >= 0.3 is 0 Å². The van der Waals surface area contributed by atoms with Crippen molar-refractivity contribution in [2.75, 3.05) is 0 Å². The molecule has 6 aromatic carbocycles. The minimum absolute atomic E-state index is 0. The topological polar surface area (TPSA) is 152 Å². The zero-order valence-corrected chi connectivity index (χ0v) is 51.7. The van der Waals surface area contributed by atoms with E-state index in [1.165, 1.54) is 11.1 Å². The van der Waals surface area contributed by atoms with Crippen molar-refractivity contribution in [3.63, 3.8) is 0 Å². The molecule has 0 bridgehead atoms. The summed E-state index contributed by atoms with van der Waals surface area (Å²) in [4.78, 5) is 0. The lowest BCUT2D eigenvalue weighted by Crippen LogP contribution is -2.44. The highest BCUT2D eigenvalue weighted by Gasteiger charge is 2.40. The lowest BCUT2D eigenvalue weighted by molar-refractivity contribution is 0.476. The van der Waals surface area contributed by atoms with Gasteiger partial charge in [-0.25, -0.2) is 0 Å². The molecule has 87 heavy (non-hydrogen) atoms. The van der Waals surface area contributed by atoms with Crippen LogP contribution in [0.4, 0.5) is 0 Å². The molecule has 0 saturated heterocycles. The van der Waals surface area contributed by atoms with Crippen LogP contribution in [0.2, 0.25) is 56.4 Å². The van der Waals surface area contributed by atoms with E-state index in [1.54, 1.807) is 54.9 Å². The second-order valence-corrected chi connectivity index (χ2v) is 33.2. The van der Waals surface area contributed by atoms with E-state index in [4.69, 9.17) is 60.4 Å². The summed E-state index contributed by atoms with van der Waals surface area (Å²) in [6.45, 7) is 23.8. The van der Waals surface area contributed by atoms with Crippen molar-refractivity contribution in [2.24, 2.45) is 0 Å². The fourth-order valence-electron chi connectivity index (χ4n) is 7.43. The van der Waals surface area contributed by atoms with E-state index in [2.05, 4.69) is 117 Å². The third kappa shape index (κ3) is 22.3. The maximum absolute atomic E-state index is 9.88. The summed E-state index contributed by atoms with van der Waals surface area (Å²) in [7, 11) is -3.84. The Morgan fingerprint density at radius 1 is 0.425 bits per heavy atom. The molecule has 12 nitrogen and oxygen atoms in total. The number of H-pyrrole nitrogens is 2. The molecule has 0 aliphatic heterocycles. The van der Waals surface area contributed by atoms with Crippen LogP contribution in [0, 0.1) is 0 Å². The normalized spacial score (nSPS) is 10.6. The van der Waals surface area contributed by atoms with Gasteiger partial charge < -0.3 is 19.1 Å². The molecule has 4 N–H and O–H groups in total. The number of nitrogens with zero attached hydrogens (tertiary/aromatic N) is 6. The molecule has 0 unspecified atom stereocenters. The number of aromatic amines is 2. The summed E-state index contributed by atoms with van der Waals surface area (Å²) < 4.78 is 16.8. The second kappa shape index (κ2) is 35.1. The zero-order chi connectivity index (χ0) is 57.8. The molecule has 0 atom stereocenters. The van der Waals surface area contributed by atoms with Gasteiger partial charge in [-0.05, 0) is 144 Å². The molecule has 0 saturated carbocycles. The first kappa shape index (κ1) is 80.0. The highest BCUT2D eigenvalue weighted by Crippen LogP contribution is 2.43. The number of hydrogen-bond donors (Lipinski definition) is 4. The Labute approximate surface area is 543 Å². The molecular formula is C69H96Cl4N8O4Si2. The predicted molar refractivity (Wildman–Crippen MR) is 381 cm³/mol. The van der Waals surface area contributed by atoms with E-state index in [9.17, 15) is 10.2 Å². The van der Waals surface area contributed by atoms with E-state index < -0.39 is 16.6 Å². The molecule has 0 aliphatic rings. The van der Waals surface area contributed by atoms with Gasteiger partial charge in [0.15, 0.2) is 0 Å². The fourth-order valence-corrected chi connectivity index (χ4v) is 10.2. The highest BCUT2D eigenvalue weighted by atomic mass is 35.5. The molecule has 4 aromatic heterocycles. The monoisotopic (exact) mass is 1300 g/mol. The van der Waals surface area contributed by atoms with Gasteiger partial charge in [-0.2, -0.15) is 20.4 Å². The Morgan fingerprint density at radius 3 is 1.15 bits per heavy atom. The number of hydrogen-bond acceptors (Lipinski definition) is 8. The van der Waals surface area contributed by atoms with Crippen LogP contribution in [-0.4, -0.2) is 66.8 Å². The number of phenolic OH excluding ortho intramolecular Hbond substituents is 2. The summed E-state index contributed by atoms with van der Waals surface area (Å²) in [6.07, 6.45) is 7.24. The van der Waals surface area contributed by atoms with Crippen LogP contribution < -0.4 is 8.85 Å². The molecule has 472 valence electrons. The lowest BCUT2D eigenvalue weighted by atomic mass is 10.1. The van der Waals surface area contributed by atoms with Crippen LogP contribution in [-0.2, 0) is 13.1 Å². The van der Waals surface area contributed by atoms with Gasteiger partial charge in [-0.15, -0.1) is 0 Å². The third-order valence-electron chi connectivity index (χ3n) is 13.9. The van der Waals surface area contributed by atoms with E-state index in [0.717, 1.165) is 46.3 Å². The zero-order valence-electron chi connectivity index (χ0n) is 46.6. The predicted octanol–water partition coefficient (Wildman–Crippen LogP) is 22.6. The molecular weight excluding hydrogens is 1200 g/mol. The van der Waals surface area contributed by atoms with Crippen LogP contribution in [0.1, 0.15) is 105 Å². The number of benzene rings is 6. The Balaban J connectivity index is 0.00000113. The molecule has 4 heterocycles. The standard InChI is InChI=1S/C22H27ClN2OSi.C16H13ClN2O.C15H21ClN2OSi.C9H7ClN2O.7CH4/c1-22(2,3)27(4,5)26-21-12-11-18(23)15-19(21)20-13-14-25(24-20)16-17-9-7-6-8-10-17;17-13-6-7-16(20)14(10-13)15-8-9-19(18-15)11-12-4-2-1-3-5-12;1-15(2,3)20(4,5)19-14-7-6-11(16)10-12(14)13-8-9-17-18-13;10-6-1-2-9(13)7(5-6)8-3-4-11-12-8;;;;;;;/h6-15H,16H2,1-5H3;1-10,20H,11H2;6-10H,1-5H3,(H,17,18);1-5,13H,(H,11,12);7*1H4. The number of rotatable bonds is 12. The van der Waals surface area contributed by atoms with Crippen LogP contribution >= 0.6 is 46.4 Å². The highest BCUT2D eigenvalue weighted by molar-refractivity contribution is 6.75. The van der Waals surface area contributed by atoms with E-state index >= 15 is 0 Å². The molecule has 10 rings (SSSR count). The maximum atomic E-state index is 9.88. The minimum Gasteiger partial charge on any atom is -0.543 e. The second-order valence-electron chi connectivity index (χ2n) is 22.0. The van der Waals surface area contributed by atoms with Crippen molar-refractivity contribution in [3.05, 3.63) is 214 Å². The van der Waals surface area contributed by atoms with Gasteiger partial charge in [0.1, 0.15) is 23.0 Å². The number of nitrogens with one attached hydrogen (secondary N) is 2. The third-order valence-corrected chi connectivity index (χ3v) is 23.6. The van der Waals surface area contributed by atoms with Crippen molar-refractivity contribution >= 4 is 63.0 Å². The summed E-state index contributed by atoms with van der Waals surface area (Å²) >= 11 is 24.1. The SMILES string of the molecule is C.C.C.C.C.C.C.CC(C)(C)[Si](C)(C)Oc1ccc(Cl)cc1-c1ccn(Cc2ccccc2)n1.CC(C)(C)[Si](C)(C)Oc1ccc(Cl)cc1-c1ccn[nH]1.Oc1ccc(Cl)cc1-c1ccn(Cc2ccccc2)n1.Oc1ccc(Cl)cc1-c1ccn[nH]1. The first-order valence-corrected chi connectivity index (χ1v) is 33.3. The van der Waals surface area contributed by atoms with Crippen molar-refractivity contribution < 1.29 is 19.1 Å². The first-order chi connectivity index (χ1) is 37.9.